The zero-order valence-corrected chi connectivity index (χ0v) is 13.8. The van der Waals surface area contributed by atoms with Crippen molar-refractivity contribution in [1.29, 1.82) is 0 Å². The first kappa shape index (κ1) is 18.3. The summed E-state index contributed by atoms with van der Waals surface area (Å²) in [5.41, 5.74) is 0. The molecule has 0 heterocycles. The van der Waals surface area contributed by atoms with E-state index in [1.807, 2.05) is 0 Å². The van der Waals surface area contributed by atoms with Gasteiger partial charge in [0.15, 0.2) is 0 Å². The first-order chi connectivity index (χ1) is 10.5. The standard InChI is InChI=1S/C10H11O10P3/c11-21(12,13)19-23(16,17)20-22(14,15)18-10-6-5-8-3-1-2-4-9(8)7-10/h1-7H,(H,14,15)(H,16,17)(H2,11,12,13). The van der Waals surface area contributed by atoms with Crippen molar-refractivity contribution < 1.29 is 46.4 Å². The third-order valence-corrected chi connectivity index (χ3v) is 6.13. The SMILES string of the molecule is O=P(O)(O)OP(=O)(O)OP(=O)(O)Oc1ccc2ccccc2c1. The average molecular weight is 384 g/mol. The molecule has 0 aromatic heterocycles. The van der Waals surface area contributed by atoms with Gasteiger partial charge in [0.25, 0.3) is 0 Å². The fraction of sp³-hybridized carbons (Fsp3) is 0. The summed E-state index contributed by atoms with van der Waals surface area (Å²) >= 11 is 0. The van der Waals surface area contributed by atoms with Crippen LogP contribution in [0.1, 0.15) is 0 Å². The molecule has 2 rings (SSSR count). The minimum Gasteiger partial charge on any atom is -0.404 e. The molecule has 0 fully saturated rings. The number of rotatable bonds is 6. The Morgan fingerprint density at radius 1 is 0.739 bits per heavy atom. The quantitative estimate of drug-likeness (QED) is 0.545. The van der Waals surface area contributed by atoms with E-state index in [2.05, 4.69) is 13.1 Å². The van der Waals surface area contributed by atoms with Gasteiger partial charge in [0.1, 0.15) is 5.75 Å². The summed E-state index contributed by atoms with van der Waals surface area (Å²) in [6.45, 7) is 0. The van der Waals surface area contributed by atoms with Gasteiger partial charge in [-0.15, -0.1) is 0 Å². The molecule has 23 heavy (non-hydrogen) atoms. The van der Waals surface area contributed by atoms with Gasteiger partial charge in [-0.25, -0.2) is 13.7 Å². The second kappa shape index (κ2) is 6.45. The topological polar surface area (TPSA) is 160 Å². The zero-order valence-electron chi connectivity index (χ0n) is 11.1. The Bertz CT molecular complexity index is 859. The Balaban J connectivity index is 2.17. The lowest BCUT2D eigenvalue weighted by Crippen LogP contribution is -1.98. The van der Waals surface area contributed by atoms with Crippen molar-refractivity contribution in [2.24, 2.45) is 0 Å². The van der Waals surface area contributed by atoms with Crippen LogP contribution in [0.3, 0.4) is 0 Å². The first-order valence-corrected chi connectivity index (χ1v) is 10.3. The van der Waals surface area contributed by atoms with E-state index >= 15 is 0 Å². The molecule has 0 radical (unpaired) electrons. The Morgan fingerprint density at radius 2 is 1.35 bits per heavy atom. The predicted octanol–water partition coefficient (Wildman–Crippen LogP) is 2.55. The third kappa shape index (κ3) is 5.82. The lowest BCUT2D eigenvalue weighted by molar-refractivity contribution is 0.207. The van der Waals surface area contributed by atoms with E-state index in [1.165, 1.54) is 12.1 Å². The number of phosphoric acid groups is 3. The van der Waals surface area contributed by atoms with Crippen molar-refractivity contribution in [3.63, 3.8) is 0 Å². The molecule has 2 aromatic carbocycles. The highest BCUT2D eigenvalue weighted by molar-refractivity contribution is 7.66. The summed E-state index contributed by atoms with van der Waals surface area (Å²) in [5, 5.41) is 1.47. The number of benzene rings is 2. The van der Waals surface area contributed by atoms with E-state index in [4.69, 9.17) is 14.7 Å². The van der Waals surface area contributed by atoms with E-state index in [0.29, 0.717) is 5.39 Å². The minimum absolute atomic E-state index is 0.161. The van der Waals surface area contributed by atoms with Crippen LogP contribution in [0.2, 0.25) is 0 Å². The molecule has 126 valence electrons. The number of hydrogen-bond donors (Lipinski definition) is 4. The second-order valence-corrected chi connectivity index (χ2v) is 8.54. The molecule has 0 aliphatic heterocycles. The molecule has 0 saturated heterocycles. The maximum atomic E-state index is 11.7. The largest absolute Gasteiger partial charge is 0.536 e. The van der Waals surface area contributed by atoms with Crippen molar-refractivity contribution in [3.05, 3.63) is 42.5 Å². The molecule has 2 unspecified atom stereocenters. The van der Waals surface area contributed by atoms with Crippen molar-refractivity contribution >= 4 is 34.2 Å². The van der Waals surface area contributed by atoms with Crippen LogP contribution in [0.15, 0.2) is 42.5 Å². The summed E-state index contributed by atoms with van der Waals surface area (Å²) in [5.74, 6) is -0.161. The summed E-state index contributed by atoms with van der Waals surface area (Å²) in [6.07, 6.45) is 0. The van der Waals surface area contributed by atoms with Crippen LogP contribution in [0.5, 0.6) is 5.75 Å². The smallest absolute Gasteiger partial charge is 0.404 e. The van der Waals surface area contributed by atoms with E-state index < -0.39 is 23.5 Å². The Labute approximate surface area is 129 Å². The Kier molecular flexibility index (Phi) is 5.13. The van der Waals surface area contributed by atoms with Crippen LogP contribution in [-0.4, -0.2) is 19.6 Å². The van der Waals surface area contributed by atoms with Gasteiger partial charge in [-0.05, 0) is 22.9 Å². The van der Waals surface area contributed by atoms with Crippen LogP contribution in [-0.2, 0) is 22.3 Å². The Hall–Kier alpha value is -1.05. The number of hydrogen-bond acceptors (Lipinski definition) is 6. The fourth-order valence-corrected chi connectivity index (χ4v) is 4.67. The molecule has 0 amide bonds. The third-order valence-electron chi connectivity index (χ3n) is 2.36. The summed E-state index contributed by atoms with van der Waals surface area (Å²) in [4.78, 5) is 35.3. The lowest BCUT2D eigenvalue weighted by Gasteiger charge is -2.16. The molecule has 0 spiro atoms. The molecule has 0 aliphatic rings. The maximum absolute atomic E-state index is 11.7. The number of fused-ring (bicyclic) bond motifs is 1. The molecule has 0 bridgehead atoms. The highest BCUT2D eigenvalue weighted by atomic mass is 31.3. The van der Waals surface area contributed by atoms with Crippen molar-refractivity contribution in [1.82, 2.24) is 0 Å². The molecule has 2 atom stereocenters. The fourth-order valence-electron chi connectivity index (χ4n) is 1.65. The van der Waals surface area contributed by atoms with Crippen LogP contribution in [0.4, 0.5) is 0 Å². The van der Waals surface area contributed by atoms with Crippen LogP contribution < -0.4 is 4.52 Å². The van der Waals surface area contributed by atoms with Crippen LogP contribution in [0.25, 0.3) is 10.8 Å². The van der Waals surface area contributed by atoms with Gasteiger partial charge in [-0.3, -0.25) is 4.89 Å². The van der Waals surface area contributed by atoms with E-state index in [0.717, 1.165) is 5.39 Å². The summed E-state index contributed by atoms with van der Waals surface area (Å²) in [6, 6.07) is 11.2. The van der Waals surface area contributed by atoms with E-state index in [-0.39, 0.29) is 5.75 Å². The molecule has 13 heteroatoms. The van der Waals surface area contributed by atoms with Gasteiger partial charge >= 0.3 is 23.5 Å². The molecule has 4 N–H and O–H groups in total. The molecular formula is C10H11O10P3. The highest BCUT2D eigenvalue weighted by Gasteiger charge is 2.41. The highest BCUT2D eigenvalue weighted by Crippen LogP contribution is 2.66. The van der Waals surface area contributed by atoms with Crippen LogP contribution in [0, 0.1) is 0 Å². The summed E-state index contributed by atoms with van der Waals surface area (Å²) in [7, 11) is -16.1. The summed E-state index contributed by atoms with van der Waals surface area (Å²) < 4.78 is 45.2. The lowest BCUT2D eigenvalue weighted by atomic mass is 10.1. The van der Waals surface area contributed by atoms with Gasteiger partial charge in [-0.1, -0.05) is 30.3 Å². The maximum Gasteiger partial charge on any atom is 0.536 e. The molecule has 10 nitrogen and oxygen atoms in total. The Morgan fingerprint density at radius 3 is 1.96 bits per heavy atom. The van der Waals surface area contributed by atoms with Gasteiger partial charge < -0.3 is 19.2 Å². The van der Waals surface area contributed by atoms with Crippen molar-refractivity contribution in [2.75, 3.05) is 0 Å². The molecule has 0 saturated carbocycles. The van der Waals surface area contributed by atoms with Gasteiger partial charge in [-0.2, -0.15) is 8.62 Å². The average Bonchev–Trinajstić information content (AvgIpc) is 2.33. The molecule has 0 aliphatic carbocycles. The molecule has 2 aromatic rings. The zero-order chi connectivity index (χ0) is 17.3. The van der Waals surface area contributed by atoms with E-state index in [9.17, 15) is 18.6 Å². The van der Waals surface area contributed by atoms with E-state index in [1.54, 1.807) is 30.3 Å². The van der Waals surface area contributed by atoms with Gasteiger partial charge in [0, 0.05) is 0 Å². The van der Waals surface area contributed by atoms with Gasteiger partial charge in [0.2, 0.25) is 0 Å². The molecular weight excluding hydrogens is 373 g/mol. The second-order valence-electron chi connectivity index (χ2n) is 4.19. The van der Waals surface area contributed by atoms with Crippen molar-refractivity contribution in [2.45, 2.75) is 0 Å². The minimum atomic E-state index is -5.52. The normalized spacial score (nSPS) is 17.4. The predicted molar refractivity (Wildman–Crippen MR) is 78.4 cm³/mol. The van der Waals surface area contributed by atoms with Crippen molar-refractivity contribution in [3.8, 4) is 5.75 Å². The first-order valence-electron chi connectivity index (χ1n) is 5.78. The van der Waals surface area contributed by atoms with Gasteiger partial charge in [0.05, 0.1) is 0 Å². The number of phosphoric ester groups is 1. The van der Waals surface area contributed by atoms with Crippen LogP contribution >= 0.6 is 23.5 Å². The monoisotopic (exact) mass is 384 g/mol.